The van der Waals surface area contributed by atoms with Gasteiger partial charge in [0.05, 0.1) is 28.6 Å². The number of amidine groups is 1. The minimum absolute atomic E-state index is 0.00774. The number of aromatic nitrogens is 1. The summed E-state index contributed by atoms with van der Waals surface area (Å²) in [5.74, 6) is -10.1. The lowest BCUT2D eigenvalue weighted by atomic mass is 9.89. The molecule has 3 amide bonds. The standard InChI is InChI=1S/C42H50F4N6O6/c1-7-14-52(15-8-2)39(55)28-18-26-9-10-27(19-32(26)51-33(47)20-28)38(54)50-29-17-25(22-48-24-29)23-49-34(53)11-12-42(5,6)57-16-13-41(3,4)40(56)58-37-35(45)30(43)21-31(44)36(37)46/h9-10,17-19,21-22,24H,7-8,11-16,20,23H2,1-6H3,(H2,47,51)(H,49,53)(H,50,54). The summed E-state index contributed by atoms with van der Waals surface area (Å²) in [6, 6.07) is 6.67. The zero-order valence-electron chi connectivity index (χ0n) is 33.6. The molecule has 16 heteroatoms. The Balaban J connectivity index is 1.27. The average Bonchev–Trinajstić information content (AvgIpc) is 3.34. The first-order valence-corrected chi connectivity index (χ1v) is 19.0. The number of nitrogens with one attached hydrogen (secondary N) is 2. The number of hydrogen-bond acceptors (Lipinski definition) is 9. The molecule has 0 atom stereocenters. The highest BCUT2D eigenvalue weighted by molar-refractivity contribution is 6.08. The monoisotopic (exact) mass is 810 g/mol. The van der Waals surface area contributed by atoms with Gasteiger partial charge >= 0.3 is 5.97 Å². The molecule has 0 unspecified atom stereocenters. The number of carbonyl (C=O) groups is 4. The van der Waals surface area contributed by atoms with E-state index in [-0.39, 0.29) is 62.6 Å². The maximum Gasteiger partial charge on any atom is 0.317 e. The van der Waals surface area contributed by atoms with Crippen molar-refractivity contribution in [2.24, 2.45) is 16.1 Å². The largest absolute Gasteiger partial charge is 0.420 e. The number of esters is 1. The normalized spacial score (nSPS) is 12.8. The van der Waals surface area contributed by atoms with E-state index in [2.05, 4.69) is 20.6 Å². The summed E-state index contributed by atoms with van der Waals surface area (Å²) in [4.78, 5) is 62.4. The molecular weight excluding hydrogens is 760 g/mol. The van der Waals surface area contributed by atoms with E-state index >= 15 is 0 Å². The highest BCUT2D eigenvalue weighted by Gasteiger charge is 2.34. The van der Waals surface area contributed by atoms with Crippen LogP contribution in [0.5, 0.6) is 5.75 Å². The Hall–Kier alpha value is -5.64. The fourth-order valence-corrected chi connectivity index (χ4v) is 5.91. The molecule has 2 aromatic carbocycles. The number of rotatable bonds is 18. The summed E-state index contributed by atoms with van der Waals surface area (Å²) < 4.78 is 65.7. The molecule has 3 aromatic rings. The summed E-state index contributed by atoms with van der Waals surface area (Å²) in [5, 5.41) is 5.63. The lowest BCUT2D eigenvalue weighted by molar-refractivity contribution is -0.146. The van der Waals surface area contributed by atoms with Crippen molar-refractivity contribution < 1.29 is 46.2 Å². The highest BCUT2D eigenvalue weighted by Crippen LogP contribution is 2.32. The molecule has 1 aliphatic rings. The summed E-state index contributed by atoms with van der Waals surface area (Å²) in [6.07, 6.45) is 7.05. The SMILES string of the molecule is CCCN(CCC)C(=O)C1=Cc2ccc(C(=O)Nc3cncc(CNC(=O)CCC(C)(C)OCCC(C)(C)C(=O)Oc4c(F)c(F)cc(F)c4F)c3)cc2N=C(N)C1. The van der Waals surface area contributed by atoms with Crippen LogP contribution in [-0.2, 0) is 25.7 Å². The van der Waals surface area contributed by atoms with E-state index in [1.54, 1.807) is 50.4 Å². The third kappa shape index (κ3) is 12.2. The molecule has 4 N–H and O–H groups in total. The molecule has 0 aliphatic carbocycles. The van der Waals surface area contributed by atoms with Crippen molar-refractivity contribution in [1.29, 1.82) is 0 Å². The third-order valence-electron chi connectivity index (χ3n) is 9.34. The number of amides is 3. The number of halogens is 4. The lowest BCUT2D eigenvalue weighted by Gasteiger charge is -2.28. The molecule has 0 fully saturated rings. The Labute approximate surface area is 335 Å². The number of aliphatic imine (C=N–C) groups is 1. The number of anilines is 1. The molecule has 1 aromatic heterocycles. The number of fused-ring (bicyclic) bond motifs is 1. The second kappa shape index (κ2) is 19.7. The number of nitrogens with two attached hydrogens (primary N) is 1. The van der Waals surface area contributed by atoms with Crippen LogP contribution < -0.4 is 21.1 Å². The second-order valence-electron chi connectivity index (χ2n) is 15.3. The topological polar surface area (TPSA) is 165 Å². The van der Waals surface area contributed by atoms with Gasteiger partial charge in [0.15, 0.2) is 11.6 Å². The lowest BCUT2D eigenvalue weighted by Crippen LogP contribution is -2.34. The van der Waals surface area contributed by atoms with Crippen molar-refractivity contribution in [3.05, 3.63) is 88.3 Å². The van der Waals surface area contributed by atoms with E-state index in [4.69, 9.17) is 15.2 Å². The molecule has 58 heavy (non-hydrogen) atoms. The first kappa shape index (κ1) is 45.1. The van der Waals surface area contributed by atoms with Crippen molar-refractivity contribution in [1.82, 2.24) is 15.2 Å². The Morgan fingerprint density at radius 3 is 2.24 bits per heavy atom. The molecule has 1 aliphatic heterocycles. The predicted molar refractivity (Wildman–Crippen MR) is 211 cm³/mol. The third-order valence-corrected chi connectivity index (χ3v) is 9.34. The minimum Gasteiger partial charge on any atom is -0.420 e. The zero-order valence-corrected chi connectivity index (χ0v) is 33.6. The Morgan fingerprint density at radius 2 is 1.59 bits per heavy atom. The highest BCUT2D eigenvalue weighted by atomic mass is 19.2. The first-order chi connectivity index (χ1) is 27.3. The quantitative estimate of drug-likeness (QED) is 0.0514. The van der Waals surface area contributed by atoms with Gasteiger partial charge in [-0.3, -0.25) is 24.2 Å². The Bertz CT molecular complexity index is 2050. The summed E-state index contributed by atoms with van der Waals surface area (Å²) in [7, 11) is 0. The summed E-state index contributed by atoms with van der Waals surface area (Å²) in [5.41, 5.74) is 7.04. The molecule has 0 bridgehead atoms. The van der Waals surface area contributed by atoms with E-state index in [1.165, 1.54) is 20.0 Å². The van der Waals surface area contributed by atoms with E-state index in [1.807, 2.05) is 18.7 Å². The number of nitrogens with zero attached hydrogens (tertiary/aromatic N) is 3. The molecule has 2 heterocycles. The fraction of sp³-hybridized carbons (Fsp3) is 0.429. The van der Waals surface area contributed by atoms with E-state index < -0.39 is 51.9 Å². The number of hydrogen-bond donors (Lipinski definition) is 3. The first-order valence-electron chi connectivity index (χ1n) is 19.0. The van der Waals surface area contributed by atoms with Crippen LogP contribution >= 0.6 is 0 Å². The van der Waals surface area contributed by atoms with Crippen LogP contribution in [0.25, 0.3) is 6.08 Å². The Morgan fingerprint density at radius 1 is 0.914 bits per heavy atom. The molecule has 0 radical (unpaired) electrons. The number of benzene rings is 2. The predicted octanol–water partition coefficient (Wildman–Crippen LogP) is 7.53. The Kier molecular flexibility index (Phi) is 15.3. The number of pyridine rings is 1. The van der Waals surface area contributed by atoms with Crippen LogP contribution in [0.4, 0.5) is 28.9 Å². The molecular formula is C42H50F4N6O6. The van der Waals surface area contributed by atoms with E-state index in [0.29, 0.717) is 46.7 Å². The van der Waals surface area contributed by atoms with Crippen LogP contribution in [-0.4, -0.2) is 64.7 Å². The van der Waals surface area contributed by atoms with Gasteiger partial charge in [-0.25, -0.2) is 13.8 Å². The van der Waals surface area contributed by atoms with Gasteiger partial charge < -0.3 is 30.7 Å². The van der Waals surface area contributed by atoms with Gasteiger partial charge in [0, 0.05) is 68.0 Å². The van der Waals surface area contributed by atoms with Crippen LogP contribution in [0, 0.1) is 28.7 Å². The van der Waals surface area contributed by atoms with E-state index in [0.717, 1.165) is 12.8 Å². The number of carbonyl (C=O) groups excluding carboxylic acids is 4. The van der Waals surface area contributed by atoms with Crippen molar-refractivity contribution in [2.75, 3.05) is 25.0 Å². The van der Waals surface area contributed by atoms with Crippen molar-refractivity contribution in [3.8, 4) is 5.75 Å². The van der Waals surface area contributed by atoms with Gasteiger partial charge in [0.1, 0.15) is 5.84 Å². The smallest absolute Gasteiger partial charge is 0.317 e. The van der Waals surface area contributed by atoms with Crippen LogP contribution in [0.1, 0.15) is 102 Å². The molecule has 0 saturated heterocycles. The van der Waals surface area contributed by atoms with Gasteiger partial charge in [-0.2, -0.15) is 8.78 Å². The second-order valence-corrected chi connectivity index (χ2v) is 15.3. The molecule has 12 nitrogen and oxygen atoms in total. The maximum atomic E-state index is 14.0. The maximum absolute atomic E-state index is 14.0. The van der Waals surface area contributed by atoms with E-state index in [9.17, 15) is 36.7 Å². The van der Waals surface area contributed by atoms with Crippen LogP contribution in [0.3, 0.4) is 0 Å². The fourth-order valence-electron chi connectivity index (χ4n) is 5.91. The molecule has 0 saturated carbocycles. The minimum atomic E-state index is -1.82. The van der Waals surface area contributed by atoms with Crippen LogP contribution in [0.15, 0.2) is 53.3 Å². The molecule has 0 spiro atoms. The van der Waals surface area contributed by atoms with Gasteiger partial charge in [-0.1, -0.05) is 19.9 Å². The average molecular weight is 811 g/mol. The summed E-state index contributed by atoms with van der Waals surface area (Å²) >= 11 is 0. The van der Waals surface area contributed by atoms with Gasteiger partial charge in [-0.05, 0) is 83.2 Å². The summed E-state index contributed by atoms with van der Waals surface area (Å²) in [6.45, 7) is 11.8. The van der Waals surface area contributed by atoms with Gasteiger partial charge in [-0.15, -0.1) is 0 Å². The van der Waals surface area contributed by atoms with Crippen molar-refractivity contribution in [3.63, 3.8) is 0 Å². The van der Waals surface area contributed by atoms with Crippen LogP contribution in [0.2, 0.25) is 0 Å². The van der Waals surface area contributed by atoms with Crippen molar-refractivity contribution in [2.45, 2.75) is 92.2 Å². The molecule has 312 valence electrons. The number of ether oxygens (including phenoxy) is 2. The van der Waals surface area contributed by atoms with Gasteiger partial charge in [0.25, 0.3) is 5.91 Å². The van der Waals surface area contributed by atoms with Crippen molar-refractivity contribution >= 4 is 47.0 Å². The molecule has 4 rings (SSSR count). The zero-order chi connectivity index (χ0) is 42.8. The van der Waals surface area contributed by atoms with Gasteiger partial charge in [0.2, 0.25) is 29.2 Å².